The molecule has 200 valence electrons. The number of likely N-dealkylation sites (tertiary alicyclic amines) is 1. The molecule has 2 amide bonds. The Morgan fingerprint density at radius 1 is 0.946 bits per heavy atom. The number of carbonyl (C=O) groups excluding carboxylic acids is 2. The number of likely N-dealkylation sites (N-methyl/N-ethyl adjacent to an activating group) is 1. The van der Waals surface area contributed by atoms with Crippen molar-refractivity contribution in [2.75, 3.05) is 13.6 Å². The van der Waals surface area contributed by atoms with E-state index in [1.165, 1.54) is 49.0 Å². The number of rotatable bonds is 7. The Kier molecular flexibility index (Phi) is 11.0. The maximum Gasteiger partial charge on any atom is 0.410 e. The summed E-state index contributed by atoms with van der Waals surface area (Å²) in [7, 11) is 1.52. The van der Waals surface area contributed by atoms with Crippen LogP contribution in [0.5, 0.6) is 0 Å². The van der Waals surface area contributed by atoms with Crippen LogP contribution in [0.2, 0.25) is 0 Å². The number of amides is 2. The van der Waals surface area contributed by atoms with Gasteiger partial charge in [0.05, 0.1) is 0 Å². The molecule has 2 aromatic carbocycles. The Morgan fingerprint density at radius 3 is 2.08 bits per heavy atom. The topological polar surface area (TPSA) is 113 Å². The van der Waals surface area contributed by atoms with E-state index in [1.54, 1.807) is 0 Å². The van der Waals surface area contributed by atoms with Crippen LogP contribution in [0, 0.1) is 0 Å². The van der Waals surface area contributed by atoms with Gasteiger partial charge in [-0.2, -0.15) is 0 Å². The summed E-state index contributed by atoms with van der Waals surface area (Å²) in [6, 6.07) is 17.5. The summed E-state index contributed by atoms with van der Waals surface area (Å²) >= 11 is 0. The highest BCUT2D eigenvalue weighted by Crippen LogP contribution is 2.22. The number of benzene rings is 2. The number of aliphatic carboxylic acids is 1. The van der Waals surface area contributed by atoms with E-state index in [0.717, 1.165) is 11.1 Å². The molecular formula is C29H39N3O5. The molecule has 4 rings (SSSR count). The summed E-state index contributed by atoms with van der Waals surface area (Å²) in [6.07, 6.45) is 7.36. The molecule has 2 aliphatic rings. The predicted molar refractivity (Wildman–Crippen MR) is 142 cm³/mol. The van der Waals surface area contributed by atoms with Crippen molar-refractivity contribution in [3.8, 4) is 0 Å². The number of nitrogens with zero attached hydrogens (tertiary/aromatic N) is 2. The first kappa shape index (κ1) is 28.2. The smallest absolute Gasteiger partial charge is 0.410 e. The average molecular weight is 510 g/mol. The maximum atomic E-state index is 13.3. The zero-order valence-corrected chi connectivity index (χ0v) is 21.6. The standard InChI is InChI=1S/C23H26N2O5.C6H13N/c1-24(23(29)30-16-18-11-6-3-7-12-18)20(15-17-9-4-2-5-10-17)21(26)25-14-8-13-19(25)22(27)28;7-6-4-2-1-3-5-6/h2-7,9-12,19-20H,8,13-16H2,1H3,(H,27,28);6H,1-5,7H2/t19-,20+;/m0./s1. The van der Waals surface area contributed by atoms with E-state index in [1.807, 2.05) is 60.7 Å². The molecule has 0 aromatic heterocycles. The molecular weight excluding hydrogens is 470 g/mol. The van der Waals surface area contributed by atoms with E-state index < -0.39 is 24.1 Å². The molecule has 3 N–H and O–H groups in total. The van der Waals surface area contributed by atoms with Gasteiger partial charge in [0.15, 0.2) is 0 Å². The molecule has 0 radical (unpaired) electrons. The lowest BCUT2D eigenvalue weighted by Gasteiger charge is -2.32. The Balaban J connectivity index is 0.000000468. The van der Waals surface area contributed by atoms with Crippen LogP contribution in [0.25, 0.3) is 0 Å². The van der Waals surface area contributed by atoms with Crippen molar-refractivity contribution in [2.45, 2.75) is 76.1 Å². The van der Waals surface area contributed by atoms with Crippen molar-refractivity contribution in [1.29, 1.82) is 0 Å². The molecule has 2 aromatic rings. The molecule has 2 fully saturated rings. The van der Waals surface area contributed by atoms with Crippen LogP contribution in [0.3, 0.4) is 0 Å². The van der Waals surface area contributed by atoms with Crippen molar-refractivity contribution in [3.05, 3.63) is 71.8 Å². The lowest BCUT2D eigenvalue weighted by atomic mass is 9.97. The highest BCUT2D eigenvalue weighted by Gasteiger charge is 2.39. The first-order chi connectivity index (χ1) is 17.9. The molecule has 1 aliphatic carbocycles. The van der Waals surface area contributed by atoms with Crippen LogP contribution in [0.4, 0.5) is 4.79 Å². The van der Waals surface area contributed by atoms with Gasteiger partial charge in [-0.15, -0.1) is 0 Å². The molecule has 0 unspecified atom stereocenters. The molecule has 8 nitrogen and oxygen atoms in total. The second-order valence-electron chi connectivity index (χ2n) is 9.78. The highest BCUT2D eigenvalue weighted by molar-refractivity contribution is 5.90. The number of hydrogen-bond donors (Lipinski definition) is 2. The molecule has 8 heteroatoms. The number of nitrogens with two attached hydrogens (primary N) is 1. The fourth-order valence-corrected chi connectivity index (χ4v) is 4.79. The first-order valence-electron chi connectivity index (χ1n) is 13.1. The van der Waals surface area contributed by atoms with Crippen LogP contribution >= 0.6 is 0 Å². The van der Waals surface area contributed by atoms with Gasteiger partial charge in [-0.05, 0) is 36.8 Å². The zero-order chi connectivity index (χ0) is 26.6. The Labute approximate surface area is 219 Å². The van der Waals surface area contributed by atoms with Gasteiger partial charge in [-0.3, -0.25) is 9.69 Å². The fraction of sp³-hybridized carbons (Fsp3) is 0.483. The van der Waals surface area contributed by atoms with Crippen LogP contribution in [-0.2, 0) is 27.4 Å². The molecule has 2 atom stereocenters. The van der Waals surface area contributed by atoms with Crippen molar-refractivity contribution < 1.29 is 24.2 Å². The first-order valence-corrected chi connectivity index (χ1v) is 13.1. The minimum Gasteiger partial charge on any atom is -0.480 e. The highest BCUT2D eigenvalue weighted by atomic mass is 16.6. The molecule has 37 heavy (non-hydrogen) atoms. The molecule has 0 spiro atoms. The quantitative estimate of drug-likeness (QED) is 0.578. The van der Waals surface area contributed by atoms with E-state index in [-0.39, 0.29) is 18.9 Å². The Morgan fingerprint density at radius 2 is 1.54 bits per heavy atom. The summed E-state index contributed by atoms with van der Waals surface area (Å²) in [5.41, 5.74) is 7.36. The number of ether oxygens (including phenoxy) is 1. The summed E-state index contributed by atoms with van der Waals surface area (Å²) < 4.78 is 5.40. The second kappa shape index (κ2) is 14.4. The van der Waals surface area contributed by atoms with Crippen molar-refractivity contribution >= 4 is 18.0 Å². The second-order valence-corrected chi connectivity index (χ2v) is 9.78. The fourth-order valence-electron chi connectivity index (χ4n) is 4.79. The maximum absolute atomic E-state index is 13.3. The Bertz CT molecular complexity index is 995. The summed E-state index contributed by atoms with van der Waals surface area (Å²) in [6.45, 7) is 0.464. The van der Waals surface area contributed by atoms with Gasteiger partial charge in [0.25, 0.3) is 0 Å². The third-order valence-corrected chi connectivity index (χ3v) is 6.99. The molecule has 1 saturated carbocycles. The predicted octanol–water partition coefficient (Wildman–Crippen LogP) is 4.22. The Hall–Kier alpha value is -3.39. The van der Waals surface area contributed by atoms with E-state index in [9.17, 15) is 19.5 Å². The van der Waals surface area contributed by atoms with Crippen LogP contribution < -0.4 is 5.73 Å². The molecule has 1 heterocycles. The van der Waals surface area contributed by atoms with Gasteiger partial charge < -0.3 is 20.5 Å². The average Bonchev–Trinajstić information content (AvgIpc) is 3.42. The zero-order valence-electron chi connectivity index (χ0n) is 21.6. The third kappa shape index (κ3) is 8.60. The van der Waals surface area contributed by atoms with Gasteiger partial charge >= 0.3 is 12.1 Å². The number of carboxylic acid groups (broad SMARTS) is 1. The monoisotopic (exact) mass is 509 g/mol. The SMILES string of the molecule is CN(C(=O)OCc1ccccc1)[C@H](Cc1ccccc1)C(=O)N1CCC[C@H]1C(=O)O.NC1CCCCC1. The summed E-state index contributed by atoms with van der Waals surface area (Å²) in [4.78, 5) is 40.2. The largest absolute Gasteiger partial charge is 0.480 e. The number of carbonyl (C=O) groups is 3. The van der Waals surface area contributed by atoms with Gasteiger partial charge in [0.1, 0.15) is 18.7 Å². The van der Waals surface area contributed by atoms with Crippen molar-refractivity contribution in [3.63, 3.8) is 0 Å². The normalized spacial score (nSPS) is 18.3. The van der Waals surface area contributed by atoms with Gasteiger partial charge in [-0.25, -0.2) is 9.59 Å². The molecule has 0 bridgehead atoms. The van der Waals surface area contributed by atoms with E-state index >= 15 is 0 Å². The van der Waals surface area contributed by atoms with Crippen LogP contribution in [0.15, 0.2) is 60.7 Å². The third-order valence-electron chi connectivity index (χ3n) is 6.99. The minimum absolute atomic E-state index is 0.0950. The molecule has 1 aliphatic heterocycles. The van der Waals surface area contributed by atoms with Crippen molar-refractivity contribution in [1.82, 2.24) is 9.80 Å². The van der Waals surface area contributed by atoms with E-state index in [2.05, 4.69) is 0 Å². The van der Waals surface area contributed by atoms with Gasteiger partial charge in [-0.1, -0.05) is 79.9 Å². The number of carboxylic acids is 1. The van der Waals surface area contributed by atoms with E-state index in [0.29, 0.717) is 25.4 Å². The lowest BCUT2D eigenvalue weighted by Crippen LogP contribution is -2.53. The minimum atomic E-state index is -1.02. The lowest BCUT2D eigenvalue weighted by molar-refractivity contribution is -0.150. The molecule has 1 saturated heterocycles. The van der Waals surface area contributed by atoms with Gasteiger partial charge in [0, 0.05) is 26.1 Å². The van der Waals surface area contributed by atoms with Crippen LogP contribution in [-0.4, -0.2) is 64.6 Å². The van der Waals surface area contributed by atoms with Crippen molar-refractivity contribution in [2.24, 2.45) is 5.73 Å². The number of hydrogen-bond acceptors (Lipinski definition) is 5. The summed E-state index contributed by atoms with van der Waals surface area (Å²) in [5, 5.41) is 9.46. The van der Waals surface area contributed by atoms with Crippen LogP contribution in [0.1, 0.15) is 56.1 Å². The van der Waals surface area contributed by atoms with Gasteiger partial charge in [0.2, 0.25) is 5.91 Å². The summed E-state index contributed by atoms with van der Waals surface area (Å²) in [5.74, 6) is -1.39. The van der Waals surface area contributed by atoms with E-state index in [4.69, 9.17) is 10.5 Å².